The molecule has 0 bridgehead atoms. The number of aromatic nitrogens is 1. The van der Waals surface area contributed by atoms with Crippen LogP contribution in [0, 0.1) is 6.92 Å². The molecular formula is C21H35NO3. The Bertz CT molecular complexity index is 480. The van der Waals surface area contributed by atoms with Crippen molar-refractivity contribution in [2.75, 3.05) is 19.8 Å². The van der Waals surface area contributed by atoms with Crippen molar-refractivity contribution >= 4 is 0 Å². The summed E-state index contributed by atoms with van der Waals surface area (Å²) in [5.41, 5.74) is 2.24. The van der Waals surface area contributed by atoms with Crippen LogP contribution in [0.15, 0.2) is 41.1 Å². The Morgan fingerprint density at radius 2 is 1.48 bits per heavy atom. The highest BCUT2D eigenvalue weighted by Gasteiger charge is 1.97. The standard InChI is InChI=1S/C17H23NO3.2C2H6/c1-15-6-8-17(9-7-15)20-13-3-2-11-19-12-4-5-16-10-14-21-18-16;2*1-2/h6-10,14H,2-5,11-13H2,1H3;2*1-2H3. The van der Waals surface area contributed by atoms with Crippen LogP contribution >= 0.6 is 0 Å². The molecule has 0 amide bonds. The van der Waals surface area contributed by atoms with E-state index in [0.29, 0.717) is 0 Å². The molecular weight excluding hydrogens is 314 g/mol. The molecule has 0 atom stereocenters. The molecule has 1 aromatic carbocycles. The Morgan fingerprint density at radius 1 is 0.840 bits per heavy atom. The fourth-order valence-electron chi connectivity index (χ4n) is 1.95. The van der Waals surface area contributed by atoms with E-state index >= 15 is 0 Å². The van der Waals surface area contributed by atoms with Gasteiger partial charge in [0.2, 0.25) is 0 Å². The van der Waals surface area contributed by atoms with E-state index < -0.39 is 0 Å². The fourth-order valence-corrected chi connectivity index (χ4v) is 1.95. The largest absolute Gasteiger partial charge is 0.494 e. The monoisotopic (exact) mass is 349 g/mol. The zero-order valence-corrected chi connectivity index (χ0v) is 16.6. The molecule has 0 aliphatic carbocycles. The van der Waals surface area contributed by atoms with Crippen LogP contribution in [-0.4, -0.2) is 25.0 Å². The van der Waals surface area contributed by atoms with Crippen molar-refractivity contribution in [3.05, 3.63) is 47.9 Å². The van der Waals surface area contributed by atoms with Gasteiger partial charge in [-0.3, -0.25) is 0 Å². The summed E-state index contributed by atoms with van der Waals surface area (Å²) in [4.78, 5) is 0. The second kappa shape index (κ2) is 17.0. The van der Waals surface area contributed by atoms with Gasteiger partial charge in [0.15, 0.2) is 0 Å². The average molecular weight is 350 g/mol. The second-order valence-corrected chi connectivity index (χ2v) is 5.08. The first-order valence-electron chi connectivity index (χ1n) is 9.51. The topological polar surface area (TPSA) is 44.5 Å². The molecule has 2 aromatic rings. The molecule has 0 aliphatic heterocycles. The molecule has 0 spiro atoms. The van der Waals surface area contributed by atoms with Crippen LogP contribution in [-0.2, 0) is 11.2 Å². The number of aryl methyl sites for hydroxylation is 2. The minimum Gasteiger partial charge on any atom is -0.494 e. The van der Waals surface area contributed by atoms with Crippen LogP contribution in [0.2, 0.25) is 0 Å². The number of hydrogen-bond acceptors (Lipinski definition) is 4. The van der Waals surface area contributed by atoms with Crippen molar-refractivity contribution in [1.29, 1.82) is 0 Å². The first-order chi connectivity index (χ1) is 12.3. The van der Waals surface area contributed by atoms with Crippen LogP contribution in [0.5, 0.6) is 5.75 Å². The lowest BCUT2D eigenvalue weighted by Gasteiger charge is -2.07. The van der Waals surface area contributed by atoms with E-state index in [-0.39, 0.29) is 0 Å². The molecule has 4 heteroatoms. The normalized spacial score (nSPS) is 9.48. The Labute approximate surface area is 153 Å². The first kappa shape index (κ1) is 23.2. The summed E-state index contributed by atoms with van der Waals surface area (Å²) in [6.45, 7) is 12.4. The molecule has 0 fully saturated rings. The Balaban J connectivity index is 0.00000134. The summed E-state index contributed by atoms with van der Waals surface area (Å²) in [6.07, 6.45) is 5.52. The summed E-state index contributed by atoms with van der Waals surface area (Å²) < 4.78 is 16.0. The van der Waals surface area contributed by atoms with Gasteiger partial charge in [0.1, 0.15) is 12.0 Å². The maximum Gasteiger partial charge on any atom is 0.124 e. The maximum atomic E-state index is 5.66. The van der Waals surface area contributed by atoms with Crippen LogP contribution < -0.4 is 4.74 Å². The number of nitrogens with zero attached hydrogens (tertiary/aromatic N) is 1. The van der Waals surface area contributed by atoms with Gasteiger partial charge in [0.25, 0.3) is 0 Å². The van der Waals surface area contributed by atoms with E-state index in [0.717, 1.165) is 56.9 Å². The van der Waals surface area contributed by atoms with Crippen molar-refractivity contribution in [1.82, 2.24) is 5.16 Å². The Hall–Kier alpha value is -1.81. The van der Waals surface area contributed by atoms with Crippen molar-refractivity contribution < 1.29 is 14.0 Å². The summed E-state index contributed by atoms with van der Waals surface area (Å²) in [6, 6.07) is 10.0. The highest BCUT2D eigenvalue weighted by atomic mass is 16.5. The molecule has 1 aromatic heterocycles. The van der Waals surface area contributed by atoms with E-state index in [2.05, 4.69) is 24.2 Å². The number of rotatable bonds is 10. The summed E-state index contributed by atoms with van der Waals surface area (Å²) in [7, 11) is 0. The molecule has 0 unspecified atom stereocenters. The van der Waals surface area contributed by atoms with Crippen LogP contribution in [0.25, 0.3) is 0 Å². The highest BCUT2D eigenvalue weighted by molar-refractivity contribution is 5.26. The summed E-state index contributed by atoms with van der Waals surface area (Å²) in [5, 5.41) is 3.86. The van der Waals surface area contributed by atoms with Gasteiger partial charge in [-0.05, 0) is 44.7 Å². The van der Waals surface area contributed by atoms with Gasteiger partial charge >= 0.3 is 0 Å². The van der Waals surface area contributed by atoms with Gasteiger partial charge in [-0.1, -0.05) is 50.5 Å². The third-order valence-electron chi connectivity index (χ3n) is 3.19. The van der Waals surface area contributed by atoms with Gasteiger partial charge in [-0.2, -0.15) is 0 Å². The second-order valence-electron chi connectivity index (χ2n) is 5.08. The van der Waals surface area contributed by atoms with Gasteiger partial charge in [0, 0.05) is 19.3 Å². The van der Waals surface area contributed by atoms with E-state index in [4.69, 9.17) is 14.0 Å². The van der Waals surface area contributed by atoms with E-state index in [9.17, 15) is 0 Å². The summed E-state index contributed by atoms with van der Waals surface area (Å²) >= 11 is 0. The van der Waals surface area contributed by atoms with Crippen molar-refractivity contribution in [3.8, 4) is 5.75 Å². The van der Waals surface area contributed by atoms with E-state index in [1.807, 2.05) is 45.9 Å². The molecule has 4 nitrogen and oxygen atoms in total. The average Bonchev–Trinajstić information content (AvgIpc) is 3.19. The van der Waals surface area contributed by atoms with E-state index in [1.54, 1.807) is 6.26 Å². The molecule has 0 aliphatic rings. The zero-order chi connectivity index (χ0) is 18.8. The minimum absolute atomic E-state index is 0.741. The minimum atomic E-state index is 0.741. The quantitative estimate of drug-likeness (QED) is 0.505. The smallest absolute Gasteiger partial charge is 0.124 e. The van der Waals surface area contributed by atoms with Crippen LogP contribution in [0.4, 0.5) is 0 Å². The Morgan fingerprint density at radius 3 is 2.12 bits per heavy atom. The molecule has 0 saturated carbocycles. The predicted octanol–water partition coefficient (Wildman–Crippen LogP) is 5.84. The molecule has 0 saturated heterocycles. The van der Waals surface area contributed by atoms with Crippen molar-refractivity contribution in [3.63, 3.8) is 0 Å². The van der Waals surface area contributed by atoms with Gasteiger partial charge < -0.3 is 14.0 Å². The lowest BCUT2D eigenvalue weighted by Crippen LogP contribution is -2.02. The molecule has 1 heterocycles. The number of benzene rings is 1. The van der Waals surface area contributed by atoms with Gasteiger partial charge in [0.05, 0.1) is 12.3 Å². The lowest BCUT2D eigenvalue weighted by molar-refractivity contribution is 0.124. The van der Waals surface area contributed by atoms with Crippen molar-refractivity contribution in [2.45, 2.75) is 60.3 Å². The number of ether oxygens (including phenoxy) is 2. The van der Waals surface area contributed by atoms with E-state index in [1.165, 1.54) is 5.56 Å². The van der Waals surface area contributed by atoms with Gasteiger partial charge in [-0.25, -0.2) is 0 Å². The third-order valence-corrected chi connectivity index (χ3v) is 3.19. The molecule has 0 radical (unpaired) electrons. The van der Waals surface area contributed by atoms with Crippen molar-refractivity contribution in [2.24, 2.45) is 0 Å². The zero-order valence-electron chi connectivity index (χ0n) is 16.6. The number of unbranched alkanes of at least 4 members (excludes halogenated alkanes) is 1. The molecule has 142 valence electrons. The molecule has 2 rings (SSSR count). The molecule has 25 heavy (non-hydrogen) atoms. The third kappa shape index (κ3) is 12.2. The predicted molar refractivity (Wildman–Crippen MR) is 104 cm³/mol. The summed E-state index contributed by atoms with van der Waals surface area (Å²) in [5.74, 6) is 0.939. The lowest BCUT2D eigenvalue weighted by atomic mass is 10.2. The number of hydrogen-bond donors (Lipinski definition) is 0. The first-order valence-corrected chi connectivity index (χ1v) is 9.51. The van der Waals surface area contributed by atoms with Crippen LogP contribution in [0.1, 0.15) is 58.2 Å². The van der Waals surface area contributed by atoms with Crippen LogP contribution in [0.3, 0.4) is 0 Å². The Kier molecular flexibility index (Phi) is 15.8. The maximum absolute atomic E-state index is 5.66. The van der Waals surface area contributed by atoms with Gasteiger partial charge in [-0.15, -0.1) is 0 Å². The fraction of sp³-hybridized carbons (Fsp3) is 0.571. The molecule has 0 N–H and O–H groups in total. The highest BCUT2D eigenvalue weighted by Crippen LogP contribution is 2.11. The SMILES string of the molecule is CC.CC.Cc1ccc(OCCCCOCCCc2ccon2)cc1.